The van der Waals surface area contributed by atoms with Gasteiger partial charge < -0.3 is 20.1 Å². The van der Waals surface area contributed by atoms with Crippen molar-refractivity contribution >= 4 is 11.9 Å². The van der Waals surface area contributed by atoms with E-state index in [0.29, 0.717) is 41.5 Å². The Kier molecular flexibility index (Phi) is 5.70. The minimum absolute atomic E-state index is 0.115. The first-order chi connectivity index (χ1) is 11.5. The predicted octanol–water partition coefficient (Wildman–Crippen LogP) is 1.76. The molecule has 0 unspecified atom stereocenters. The molecule has 0 saturated heterocycles. The van der Waals surface area contributed by atoms with Crippen molar-refractivity contribution in [2.45, 2.75) is 6.92 Å². The molecule has 1 aromatic heterocycles. The Bertz CT molecular complexity index is 732. The second-order valence-electron chi connectivity index (χ2n) is 5.43. The van der Waals surface area contributed by atoms with Crippen LogP contribution in [0.3, 0.4) is 0 Å². The molecule has 2 rings (SSSR count). The third kappa shape index (κ3) is 3.80. The topological polar surface area (TPSA) is 90.6 Å². The van der Waals surface area contributed by atoms with Crippen molar-refractivity contribution in [2.24, 2.45) is 0 Å². The molecule has 1 aromatic carbocycles. The summed E-state index contributed by atoms with van der Waals surface area (Å²) in [6.45, 7) is 2.60. The average molecular weight is 330 g/mol. The van der Waals surface area contributed by atoms with Gasteiger partial charge in [-0.3, -0.25) is 4.79 Å². The van der Waals surface area contributed by atoms with Gasteiger partial charge in [0.25, 0.3) is 5.91 Å². The highest BCUT2D eigenvalue weighted by Crippen LogP contribution is 2.32. The van der Waals surface area contributed by atoms with E-state index in [1.54, 1.807) is 28.1 Å². The summed E-state index contributed by atoms with van der Waals surface area (Å²) in [4.78, 5) is 22.5. The van der Waals surface area contributed by atoms with Crippen LogP contribution in [0, 0.1) is 6.92 Å². The Hall–Kier alpha value is -2.67. The summed E-state index contributed by atoms with van der Waals surface area (Å²) >= 11 is 0. The molecule has 0 fully saturated rings. The first-order valence-corrected chi connectivity index (χ1v) is 7.52. The van der Waals surface area contributed by atoms with Crippen LogP contribution in [0.15, 0.2) is 24.3 Å². The van der Waals surface area contributed by atoms with E-state index in [-0.39, 0.29) is 11.9 Å². The number of hydrogen-bond donors (Lipinski definition) is 1. The van der Waals surface area contributed by atoms with E-state index in [1.807, 2.05) is 24.3 Å². The smallest absolute Gasteiger partial charge is 0.257 e. The van der Waals surface area contributed by atoms with Crippen LogP contribution in [0.1, 0.15) is 16.1 Å². The van der Waals surface area contributed by atoms with Crippen LogP contribution in [0.5, 0.6) is 5.75 Å². The third-order valence-corrected chi connectivity index (χ3v) is 3.41. The fourth-order valence-electron chi connectivity index (χ4n) is 2.29. The average Bonchev–Trinajstić information content (AvgIpc) is 2.54. The van der Waals surface area contributed by atoms with Crippen molar-refractivity contribution in [1.29, 1.82) is 0 Å². The molecule has 7 nitrogen and oxygen atoms in total. The van der Waals surface area contributed by atoms with Crippen molar-refractivity contribution < 1.29 is 14.3 Å². The van der Waals surface area contributed by atoms with Crippen LogP contribution in [0.4, 0.5) is 5.95 Å². The molecule has 0 saturated carbocycles. The molecule has 0 aliphatic carbocycles. The molecule has 0 radical (unpaired) electrons. The van der Waals surface area contributed by atoms with Gasteiger partial charge in [0.05, 0.1) is 23.6 Å². The molecule has 7 heteroatoms. The first kappa shape index (κ1) is 17.7. The number of nitrogens with zero attached hydrogens (tertiary/aromatic N) is 3. The molecule has 2 aromatic rings. The molecule has 1 heterocycles. The molecule has 0 atom stereocenters. The molecule has 0 aliphatic rings. The Morgan fingerprint density at radius 3 is 2.58 bits per heavy atom. The van der Waals surface area contributed by atoms with Crippen molar-refractivity contribution in [3.05, 3.63) is 35.5 Å². The van der Waals surface area contributed by atoms with Gasteiger partial charge in [-0.1, -0.05) is 12.1 Å². The standard InChI is InChI=1S/C17H22N4O3/c1-11-14(16(22)21(2)3)15(20-17(18)19-11)12-7-5-6-8-13(12)24-10-9-23-4/h5-8H,9-10H2,1-4H3,(H2,18,19,20). The van der Waals surface area contributed by atoms with Crippen LogP contribution < -0.4 is 10.5 Å². The van der Waals surface area contributed by atoms with Crippen molar-refractivity contribution in [2.75, 3.05) is 40.2 Å². The zero-order chi connectivity index (χ0) is 17.7. The number of aromatic nitrogens is 2. The van der Waals surface area contributed by atoms with E-state index in [1.165, 1.54) is 4.90 Å². The van der Waals surface area contributed by atoms with Crippen molar-refractivity contribution in [3.63, 3.8) is 0 Å². The molecule has 24 heavy (non-hydrogen) atoms. The van der Waals surface area contributed by atoms with Gasteiger partial charge in [-0.15, -0.1) is 0 Å². The van der Waals surface area contributed by atoms with Gasteiger partial charge in [-0.2, -0.15) is 0 Å². The predicted molar refractivity (Wildman–Crippen MR) is 92.0 cm³/mol. The van der Waals surface area contributed by atoms with Gasteiger partial charge in [-0.05, 0) is 19.1 Å². The lowest BCUT2D eigenvalue weighted by Crippen LogP contribution is -2.24. The molecular weight excluding hydrogens is 308 g/mol. The van der Waals surface area contributed by atoms with Crippen molar-refractivity contribution in [1.82, 2.24) is 14.9 Å². The van der Waals surface area contributed by atoms with Gasteiger partial charge in [0.1, 0.15) is 12.4 Å². The molecule has 0 spiro atoms. The number of aryl methyl sites for hydroxylation is 1. The molecule has 0 bridgehead atoms. The van der Waals surface area contributed by atoms with E-state index in [9.17, 15) is 4.79 Å². The second kappa shape index (κ2) is 7.74. The van der Waals surface area contributed by atoms with Crippen LogP contribution in [0.2, 0.25) is 0 Å². The third-order valence-electron chi connectivity index (χ3n) is 3.41. The zero-order valence-corrected chi connectivity index (χ0v) is 14.4. The Morgan fingerprint density at radius 1 is 1.21 bits per heavy atom. The number of rotatable bonds is 6. The minimum atomic E-state index is -0.186. The normalized spacial score (nSPS) is 10.5. The van der Waals surface area contributed by atoms with E-state index in [2.05, 4.69) is 9.97 Å². The highest BCUT2D eigenvalue weighted by atomic mass is 16.5. The maximum absolute atomic E-state index is 12.6. The molecular formula is C17H22N4O3. The summed E-state index contributed by atoms with van der Waals surface area (Å²) in [6.07, 6.45) is 0. The van der Waals surface area contributed by atoms with Gasteiger partial charge in [0.2, 0.25) is 5.95 Å². The zero-order valence-electron chi connectivity index (χ0n) is 14.4. The number of amides is 1. The lowest BCUT2D eigenvalue weighted by atomic mass is 10.0. The van der Waals surface area contributed by atoms with Gasteiger partial charge in [-0.25, -0.2) is 9.97 Å². The van der Waals surface area contributed by atoms with E-state index in [4.69, 9.17) is 15.2 Å². The van der Waals surface area contributed by atoms with E-state index >= 15 is 0 Å². The van der Waals surface area contributed by atoms with Crippen LogP contribution in [-0.2, 0) is 4.74 Å². The molecule has 2 N–H and O–H groups in total. The first-order valence-electron chi connectivity index (χ1n) is 7.52. The Morgan fingerprint density at radius 2 is 1.92 bits per heavy atom. The number of anilines is 1. The van der Waals surface area contributed by atoms with Crippen molar-refractivity contribution in [3.8, 4) is 17.0 Å². The SMILES string of the molecule is COCCOc1ccccc1-c1nc(N)nc(C)c1C(=O)N(C)C. The number of methoxy groups -OCH3 is 1. The highest BCUT2D eigenvalue weighted by molar-refractivity contribution is 6.01. The van der Waals surface area contributed by atoms with Crippen LogP contribution in [0.25, 0.3) is 11.3 Å². The maximum atomic E-state index is 12.6. The van der Waals surface area contributed by atoms with Gasteiger partial charge in [0, 0.05) is 26.8 Å². The number of nitrogens with two attached hydrogens (primary N) is 1. The quantitative estimate of drug-likeness (QED) is 0.812. The summed E-state index contributed by atoms with van der Waals surface area (Å²) in [5, 5.41) is 0. The van der Waals surface area contributed by atoms with Gasteiger partial charge >= 0.3 is 0 Å². The lowest BCUT2D eigenvalue weighted by Gasteiger charge is -2.17. The van der Waals surface area contributed by atoms with Crippen LogP contribution in [-0.4, -0.2) is 55.2 Å². The number of carbonyl (C=O) groups excluding carboxylic acids is 1. The summed E-state index contributed by atoms with van der Waals surface area (Å²) < 4.78 is 10.8. The van der Waals surface area contributed by atoms with Gasteiger partial charge in [0.15, 0.2) is 0 Å². The maximum Gasteiger partial charge on any atom is 0.257 e. The van der Waals surface area contributed by atoms with Crippen LogP contribution >= 0.6 is 0 Å². The monoisotopic (exact) mass is 330 g/mol. The summed E-state index contributed by atoms with van der Waals surface area (Å²) in [6, 6.07) is 7.38. The number of hydrogen-bond acceptors (Lipinski definition) is 6. The summed E-state index contributed by atoms with van der Waals surface area (Å²) in [5.74, 6) is 0.540. The van der Waals surface area contributed by atoms with E-state index in [0.717, 1.165) is 0 Å². The Balaban J connectivity index is 2.58. The van der Waals surface area contributed by atoms with E-state index < -0.39 is 0 Å². The largest absolute Gasteiger partial charge is 0.490 e. The molecule has 0 aliphatic heterocycles. The molecule has 128 valence electrons. The number of para-hydroxylation sites is 1. The second-order valence-corrected chi connectivity index (χ2v) is 5.43. The number of benzene rings is 1. The highest BCUT2D eigenvalue weighted by Gasteiger charge is 2.22. The lowest BCUT2D eigenvalue weighted by molar-refractivity contribution is 0.0827. The fraction of sp³-hybridized carbons (Fsp3) is 0.353. The Labute approximate surface area is 141 Å². The number of carbonyl (C=O) groups is 1. The summed E-state index contributed by atoms with van der Waals surface area (Å²) in [7, 11) is 4.98. The fourth-order valence-corrected chi connectivity index (χ4v) is 2.29. The minimum Gasteiger partial charge on any atom is -0.490 e. The molecule has 1 amide bonds. The number of ether oxygens (including phenoxy) is 2. The summed E-state index contributed by atoms with van der Waals surface area (Å²) in [5.41, 5.74) is 7.91. The number of nitrogen functional groups attached to an aromatic ring is 1.